The quantitative estimate of drug-likeness (QED) is 0.319. The maximum atomic E-state index is 12.6. The van der Waals surface area contributed by atoms with Crippen LogP contribution < -0.4 is 10.0 Å². The maximum Gasteiger partial charge on any atom is 0.407 e. The molecule has 0 heterocycles. The second-order valence-electron chi connectivity index (χ2n) is 7.41. The van der Waals surface area contributed by atoms with Crippen LogP contribution in [0.15, 0.2) is 29.3 Å². The summed E-state index contributed by atoms with van der Waals surface area (Å²) in [5, 5.41) is 2.86. The molecule has 1 rings (SSSR count). The third kappa shape index (κ3) is 8.92. The third-order valence-electron chi connectivity index (χ3n) is 4.19. The Bertz CT molecular complexity index is 885. The number of hydrogen-bond acceptors (Lipinski definition) is 7. The number of amides is 1. The van der Waals surface area contributed by atoms with Crippen LogP contribution in [-0.4, -0.2) is 58.0 Å². The van der Waals surface area contributed by atoms with Gasteiger partial charge in [-0.05, 0) is 26.3 Å². The molecular formula is C21H33N3O5S2. The summed E-state index contributed by atoms with van der Waals surface area (Å²) in [6.45, 7) is 7.96. The van der Waals surface area contributed by atoms with Gasteiger partial charge in [0.05, 0.1) is 11.0 Å². The van der Waals surface area contributed by atoms with Gasteiger partial charge in [0.25, 0.3) is 0 Å². The molecule has 0 saturated carbocycles. The summed E-state index contributed by atoms with van der Waals surface area (Å²) in [4.78, 5) is 25.3. The fraction of sp³-hybridized carbons (Fsp3) is 0.524. The lowest BCUT2D eigenvalue weighted by molar-refractivity contribution is 0.110. The number of ether oxygens (including phenoxy) is 1. The molecule has 1 atom stereocenters. The van der Waals surface area contributed by atoms with Crippen LogP contribution in [0.2, 0.25) is 0 Å². The molecule has 0 saturated heterocycles. The van der Waals surface area contributed by atoms with E-state index in [4.69, 9.17) is 4.74 Å². The van der Waals surface area contributed by atoms with Gasteiger partial charge in [0, 0.05) is 48.4 Å². The van der Waals surface area contributed by atoms with Gasteiger partial charge in [-0.15, -0.1) is 12.6 Å². The van der Waals surface area contributed by atoms with Gasteiger partial charge < -0.3 is 15.0 Å². The summed E-state index contributed by atoms with van der Waals surface area (Å²) in [5.41, 5.74) is 0.631. The van der Waals surface area contributed by atoms with Crippen molar-refractivity contribution in [1.29, 1.82) is 0 Å². The van der Waals surface area contributed by atoms with Gasteiger partial charge in [-0.25, -0.2) is 17.9 Å². The van der Waals surface area contributed by atoms with E-state index in [1.807, 2.05) is 18.9 Å². The van der Waals surface area contributed by atoms with Gasteiger partial charge in [-0.1, -0.05) is 32.4 Å². The van der Waals surface area contributed by atoms with E-state index in [1.165, 1.54) is 6.07 Å². The Hall–Kier alpha value is -2.04. The summed E-state index contributed by atoms with van der Waals surface area (Å²) >= 11 is 4.51. The highest BCUT2D eigenvalue weighted by atomic mass is 32.2. The van der Waals surface area contributed by atoms with Crippen molar-refractivity contribution in [3.05, 3.63) is 35.5 Å². The number of likely N-dealkylation sites (N-methyl/N-ethyl adjacent to an activating group) is 1. The lowest BCUT2D eigenvalue weighted by Crippen LogP contribution is -2.42. The third-order valence-corrected chi connectivity index (χ3v) is 6.14. The second-order valence-corrected chi connectivity index (χ2v) is 9.63. The first-order valence-corrected chi connectivity index (χ1v) is 12.1. The first-order valence-electron chi connectivity index (χ1n) is 10.2. The van der Waals surface area contributed by atoms with Crippen molar-refractivity contribution in [2.75, 3.05) is 20.1 Å². The normalized spacial score (nSPS) is 13.1. The molecule has 2 N–H and O–H groups in total. The molecule has 31 heavy (non-hydrogen) atoms. The summed E-state index contributed by atoms with van der Waals surface area (Å²) in [6.07, 6.45) is 3.23. The number of aldehydes is 1. The van der Waals surface area contributed by atoms with E-state index in [9.17, 15) is 18.0 Å². The van der Waals surface area contributed by atoms with Crippen molar-refractivity contribution in [1.82, 2.24) is 14.9 Å². The topological polar surface area (TPSA) is 105 Å². The van der Waals surface area contributed by atoms with E-state index in [0.29, 0.717) is 23.3 Å². The summed E-state index contributed by atoms with van der Waals surface area (Å²) in [6, 6.07) is 4.28. The van der Waals surface area contributed by atoms with Crippen molar-refractivity contribution < 1.29 is 22.7 Å². The van der Waals surface area contributed by atoms with Crippen LogP contribution in [0.4, 0.5) is 4.79 Å². The monoisotopic (exact) mass is 471 g/mol. The van der Waals surface area contributed by atoms with Gasteiger partial charge in [-0.3, -0.25) is 4.79 Å². The predicted molar refractivity (Wildman–Crippen MR) is 126 cm³/mol. The van der Waals surface area contributed by atoms with E-state index in [2.05, 4.69) is 22.7 Å². The molecule has 0 bridgehead atoms. The number of rotatable bonds is 12. The van der Waals surface area contributed by atoms with Crippen molar-refractivity contribution >= 4 is 39.9 Å². The molecule has 0 aliphatic heterocycles. The van der Waals surface area contributed by atoms with Crippen LogP contribution in [-0.2, 0) is 14.8 Å². The summed E-state index contributed by atoms with van der Waals surface area (Å²) in [7, 11) is -1.99. The minimum atomic E-state index is -3.80. The Morgan fingerprint density at radius 2 is 1.97 bits per heavy atom. The second kappa shape index (κ2) is 12.7. The molecule has 0 aliphatic rings. The van der Waals surface area contributed by atoms with E-state index < -0.39 is 16.1 Å². The van der Waals surface area contributed by atoms with Crippen LogP contribution in [0.1, 0.15) is 56.5 Å². The zero-order valence-corrected chi connectivity index (χ0v) is 20.4. The minimum absolute atomic E-state index is 0.0163. The zero-order chi connectivity index (χ0) is 23.6. The van der Waals surface area contributed by atoms with Gasteiger partial charge in [0.1, 0.15) is 6.29 Å². The molecule has 0 fully saturated rings. The molecule has 0 aromatic heterocycles. The summed E-state index contributed by atoms with van der Waals surface area (Å²) < 4.78 is 32.8. The fourth-order valence-electron chi connectivity index (χ4n) is 2.96. The Morgan fingerprint density at radius 3 is 2.52 bits per heavy atom. The first-order chi connectivity index (χ1) is 14.5. The van der Waals surface area contributed by atoms with E-state index in [-0.39, 0.29) is 29.1 Å². The number of carbonyl (C=O) groups excluding carboxylic acids is 2. The van der Waals surface area contributed by atoms with Crippen molar-refractivity contribution in [2.45, 2.75) is 57.6 Å². The average Bonchev–Trinajstić information content (AvgIpc) is 2.66. The molecule has 0 aliphatic carbocycles. The van der Waals surface area contributed by atoms with Crippen LogP contribution in [0.5, 0.6) is 0 Å². The molecule has 1 amide bonds. The number of alkyl carbamates (subject to hydrolysis) is 1. The van der Waals surface area contributed by atoms with E-state index in [1.54, 1.807) is 39.1 Å². The standard InChI is InChI=1S/C21H33N3O5S2/c1-6-8-17(23-21(26)29-15(3)4)12-24(5)13-19(30)18-10-9-16(14-25)11-20(18)31(27,28)22-7-2/h9-11,13-15,17,22,30H,6-8,12H2,1-5H3,(H,23,26)/b19-13-/t17-/m0/s1. The van der Waals surface area contributed by atoms with Gasteiger partial charge in [-0.2, -0.15) is 0 Å². The van der Waals surface area contributed by atoms with Gasteiger partial charge in [0.2, 0.25) is 10.0 Å². The minimum Gasteiger partial charge on any atom is -0.447 e. The zero-order valence-electron chi connectivity index (χ0n) is 18.7. The molecule has 0 unspecified atom stereocenters. The Labute approximate surface area is 190 Å². The molecule has 10 heteroatoms. The molecule has 0 spiro atoms. The van der Waals surface area contributed by atoms with E-state index >= 15 is 0 Å². The number of nitrogens with zero attached hydrogens (tertiary/aromatic N) is 1. The van der Waals surface area contributed by atoms with Crippen LogP contribution in [0.25, 0.3) is 4.91 Å². The lowest BCUT2D eigenvalue weighted by Gasteiger charge is -2.24. The highest BCUT2D eigenvalue weighted by Crippen LogP contribution is 2.27. The Morgan fingerprint density at radius 1 is 1.29 bits per heavy atom. The molecule has 174 valence electrons. The number of sulfonamides is 1. The number of carbonyl (C=O) groups is 2. The first kappa shape index (κ1) is 27.0. The molecule has 0 radical (unpaired) electrons. The highest BCUT2D eigenvalue weighted by molar-refractivity contribution is 7.91. The maximum absolute atomic E-state index is 12.6. The molecular weight excluding hydrogens is 438 g/mol. The average molecular weight is 472 g/mol. The van der Waals surface area contributed by atoms with E-state index in [0.717, 1.165) is 12.8 Å². The smallest absolute Gasteiger partial charge is 0.407 e. The van der Waals surface area contributed by atoms with Crippen LogP contribution >= 0.6 is 12.6 Å². The number of nitrogens with one attached hydrogen (secondary N) is 2. The molecule has 1 aromatic rings. The number of benzene rings is 1. The fourth-order valence-corrected chi connectivity index (χ4v) is 4.73. The highest BCUT2D eigenvalue weighted by Gasteiger charge is 2.20. The Kier molecular flexibility index (Phi) is 11.1. The number of thiol groups is 1. The predicted octanol–water partition coefficient (Wildman–Crippen LogP) is 3.26. The Balaban J connectivity index is 3.12. The van der Waals surface area contributed by atoms with Crippen LogP contribution in [0.3, 0.4) is 0 Å². The number of hydrogen-bond donors (Lipinski definition) is 3. The van der Waals surface area contributed by atoms with Gasteiger partial charge in [0.15, 0.2) is 0 Å². The largest absolute Gasteiger partial charge is 0.447 e. The van der Waals surface area contributed by atoms with Crippen molar-refractivity contribution in [3.8, 4) is 0 Å². The van der Waals surface area contributed by atoms with Crippen molar-refractivity contribution in [2.24, 2.45) is 0 Å². The lowest BCUT2D eigenvalue weighted by atomic mass is 10.1. The SMILES string of the molecule is CCC[C@@H](CN(C)/C=C(\S)c1ccc(C=O)cc1S(=O)(=O)NCC)NC(=O)OC(C)C. The van der Waals surface area contributed by atoms with Crippen molar-refractivity contribution in [3.63, 3.8) is 0 Å². The summed E-state index contributed by atoms with van der Waals surface area (Å²) in [5.74, 6) is 0. The van der Waals surface area contributed by atoms with Gasteiger partial charge >= 0.3 is 6.09 Å². The van der Waals surface area contributed by atoms with Crippen LogP contribution in [0, 0.1) is 0 Å². The molecule has 8 nitrogen and oxygen atoms in total. The molecule has 1 aromatic carbocycles.